The number of hydrogen-bond donors (Lipinski definition) is 2. The number of carbonyl (C=O) groups is 3. The number of amides is 3. The molecule has 290 valence electrons. The second-order valence-corrected chi connectivity index (χ2v) is 16.9. The summed E-state index contributed by atoms with van der Waals surface area (Å²) >= 11 is 6.47. The summed E-state index contributed by atoms with van der Waals surface area (Å²) in [7, 11) is 0.855. The Kier molecular flexibility index (Phi) is 12.3. The lowest BCUT2D eigenvalue weighted by Gasteiger charge is -2.43. The van der Waals surface area contributed by atoms with Gasteiger partial charge in [-0.05, 0) is 91.3 Å². The molecule has 1 saturated carbocycles. The maximum atomic E-state index is 14.9. The lowest BCUT2D eigenvalue weighted by atomic mass is 9.70. The number of ether oxygens (including phenoxy) is 3. The first-order chi connectivity index (χ1) is 25.9. The van der Waals surface area contributed by atoms with Crippen LogP contribution in [0.15, 0.2) is 59.1 Å². The summed E-state index contributed by atoms with van der Waals surface area (Å²) < 4.78 is 40.8. The zero-order chi connectivity index (χ0) is 38.6. The van der Waals surface area contributed by atoms with E-state index in [0.29, 0.717) is 30.5 Å². The summed E-state index contributed by atoms with van der Waals surface area (Å²) in [6, 6.07) is 10.5. The first kappa shape index (κ1) is 39.3. The van der Waals surface area contributed by atoms with Gasteiger partial charge in [-0.1, -0.05) is 36.7 Å². The van der Waals surface area contributed by atoms with Crippen LogP contribution in [0.1, 0.15) is 71.4 Å². The quantitative estimate of drug-likeness (QED) is 0.320. The van der Waals surface area contributed by atoms with E-state index in [2.05, 4.69) is 30.5 Å². The Morgan fingerprint density at radius 2 is 1.89 bits per heavy atom. The molecule has 2 aromatic carbocycles. The summed E-state index contributed by atoms with van der Waals surface area (Å²) in [5.41, 5.74) is 3.23. The highest BCUT2D eigenvalue weighted by molar-refractivity contribution is 7.92. The smallest absolute Gasteiger partial charge is 0.286 e. The molecule has 1 aliphatic carbocycles. The third-order valence-corrected chi connectivity index (χ3v) is 12.7. The summed E-state index contributed by atoms with van der Waals surface area (Å²) in [5, 5.41) is 7.77. The number of rotatable bonds is 5. The van der Waals surface area contributed by atoms with Gasteiger partial charge >= 0.3 is 0 Å². The van der Waals surface area contributed by atoms with Crippen LogP contribution in [-0.4, -0.2) is 77.0 Å². The van der Waals surface area contributed by atoms with Crippen LogP contribution in [-0.2, 0) is 39.5 Å². The van der Waals surface area contributed by atoms with E-state index < -0.39 is 33.7 Å². The average molecular weight is 781 g/mol. The van der Waals surface area contributed by atoms with Gasteiger partial charge in [0.15, 0.2) is 0 Å². The van der Waals surface area contributed by atoms with Crippen molar-refractivity contribution in [2.24, 2.45) is 29.2 Å². The fourth-order valence-corrected chi connectivity index (χ4v) is 9.65. The van der Waals surface area contributed by atoms with Gasteiger partial charge in [-0.15, -0.1) is 9.46 Å². The number of methoxy groups -OCH3 is 2. The fraction of sp³-hybridized carbons (Fsp3) is 0.487. The van der Waals surface area contributed by atoms with Crippen molar-refractivity contribution in [1.29, 1.82) is 0 Å². The second-order valence-electron chi connectivity index (χ2n) is 14.4. The number of aryl methyl sites for hydroxylation is 2. The van der Waals surface area contributed by atoms with E-state index in [1.165, 1.54) is 30.5 Å². The van der Waals surface area contributed by atoms with Crippen molar-refractivity contribution < 1.29 is 32.8 Å². The number of nitrogens with zero attached hydrogens (tertiary/aromatic N) is 4. The van der Waals surface area contributed by atoms with Gasteiger partial charge in [-0.2, -0.15) is 0 Å². The molecule has 0 radical (unpaired) electrons. The highest BCUT2D eigenvalue weighted by Gasteiger charge is 2.38. The van der Waals surface area contributed by atoms with Crippen LogP contribution in [0, 0.1) is 17.8 Å². The first-order valence-electron chi connectivity index (χ1n) is 18.3. The molecule has 2 aliphatic heterocycles. The van der Waals surface area contributed by atoms with Gasteiger partial charge in [0.25, 0.3) is 11.8 Å². The molecule has 15 heteroatoms. The molecule has 2 N–H and O–H groups in total. The van der Waals surface area contributed by atoms with Crippen LogP contribution >= 0.6 is 11.6 Å². The van der Waals surface area contributed by atoms with Crippen LogP contribution in [0.4, 0.5) is 5.69 Å². The van der Waals surface area contributed by atoms with Crippen molar-refractivity contribution in [2.45, 2.75) is 64.6 Å². The third-order valence-electron chi connectivity index (χ3n) is 10.5. The number of carbonyl (C=O) groups excluding carboxylic acids is 3. The van der Waals surface area contributed by atoms with E-state index >= 15 is 0 Å². The Morgan fingerprint density at radius 1 is 1.07 bits per heavy atom. The molecule has 54 heavy (non-hydrogen) atoms. The lowest BCUT2D eigenvalue weighted by molar-refractivity contribution is -0.119. The van der Waals surface area contributed by atoms with Gasteiger partial charge in [-0.3, -0.25) is 23.8 Å². The summed E-state index contributed by atoms with van der Waals surface area (Å²) in [4.78, 5) is 42.5. The SMILES string of the molecule is COc1nn(C)cc1C(=O)NS1(=O)=NC(=O)c2ccc3c(c2)N(Cc2ccc(Cl)cc2CCCCO3)C[C@@H]2CC[C@H]2[C@@H](OC)/C=C/[C@H](NC(C)=O)[C@H](C)C1. The molecule has 1 aromatic heterocycles. The minimum atomic E-state index is -3.82. The third kappa shape index (κ3) is 9.10. The molecule has 0 saturated heterocycles. The van der Waals surface area contributed by atoms with E-state index in [-0.39, 0.29) is 46.6 Å². The van der Waals surface area contributed by atoms with E-state index in [0.717, 1.165) is 43.4 Å². The molecule has 0 spiro atoms. The fourth-order valence-electron chi connectivity index (χ4n) is 7.55. The van der Waals surface area contributed by atoms with Crippen molar-refractivity contribution in [1.82, 2.24) is 19.8 Å². The highest BCUT2D eigenvalue weighted by atomic mass is 35.5. The van der Waals surface area contributed by atoms with Crippen molar-refractivity contribution >= 4 is 44.9 Å². The zero-order valence-corrected chi connectivity index (χ0v) is 33.0. The van der Waals surface area contributed by atoms with Crippen molar-refractivity contribution in [2.75, 3.05) is 38.0 Å². The number of anilines is 1. The summed E-state index contributed by atoms with van der Waals surface area (Å²) in [6.07, 6.45) is 9.54. The Hall–Kier alpha value is -4.40. The second kappa shape index (κ2) is 17.0. The minimum Gasteiger partial charge on any atom is -0.491 e. The molecule has 1 unspecified atom stereocenters. The Balaban J connectivity index is 1.49. The largest absolute Gasteiger partial charge is 0.491 e. The highest BCUT2D eigenvalue weighted by Crippen LogP contribution is 2.42. The van der Waals surface area contributed by atoms with Crippen LogP contribution < -0.4 is 24.4 Å². The number of benzene rings is 2. The molecule has 3 aliphatic rings. The Labute approximate surface area is 322 Å². The van der Waals surface area contributed by atoms with Crippen LogP contribution in [0.2, 0.25) is 5.02 Å². The zero-order valence-electron chi connectivity index (χ0n) is 31.4. The van der Waals surface area contributed by atoms with Crippen molar-refractivity contribution in [3.8, 4) is 11.6 Å². The van der Waals surface area contributed by atoms with Crippen molar-refractivity contribution in [3.63, 3.8) is 0 Å². The number of aromatic nitrogens is 2. The molecular formula is C39H49ClN6O7S. The molecule has 3 aromatic rings. The molecule has 6 rings (SSSR count). The summed E-state index contributed by atoms with van der Waals surface area (Å²) in [6.45, 7) is 4.87. The number of hydrogen-bond acceptors (Lipinski definition) is 9. The number of halogens is 1. The maximum Gasteiger partial charge on any atom is 0.286 e. The van der Waals surface area contributed by atoms with Gasteiger partial charge in [-0.25, -0.2) is 4.21 Å². The molecular weight excluding hydrogens is 732 g/mol. The monoisotopic (exact) mass is 780 g/mol. The van der Waals surface area contributed by atoms with Gasteiger partial charge in [0.2, 0.25) is 11.8 Å². The molecule has 1 fully saturated rings. The normalized spacial score (nSPS) is 26.7. The predicted octanol–water partition coefficient (Wildman–Crippen LogP) is 5.51. The summed E-state index contributed by atoms with van der Waals surface area (Å²) in [5.74, 6) is -1.55. The Bertz CT molecular complexity index is 2040. The lowest BCUT2D eigenvalue weighted by Crippen LogP contribution is -2.44. The predicted molar refractivity (Wildman–Crippen MR) is 207 cm³/mol. The average Bonchev–Trinajstić information content (AvgIpc) is 3.49. The van der Waals surface area contributed by atoms with E-state index in [1.807, 2.05) is 24.3 Å². The maximum absolute atomic E-state index is 14.9. The van der Waals surface area contributed by atoms with Crippen molar-refractivity contribution in [3.05, 3.63) is 82.0 Å². The van der Waals surface area contributed by atoms with E-state index in [9.17, 15) is 18.6 Å². The molecule has 13 nitrogen and oxygen atoms in total. The van der Waals surface area contributed by atoms with E-state index in [1.54, 1.807) is 39.3 Å². The molecule has 3 heterocycles. The van der Waals surface area contributed by atoms with Gasteiger partial charge in [0.05, 0.1) is 37.3 Å². The van der Waals surface area contributed by atoms with Gasteiger partial charge < -0.3 is 24.4 Å². The molecule has 6 atom stereocenters. The van der Waals surface area contributed by atoms with E-state index in [4.69, 9.17) is 25.8 Å². The standard InChI is InChI=1S/C39H49ClN6O7S/c1-24-23-54(50,44-38(49)32-22-45(3)42-39(32)52-5)43-37(48)27-11-15-36-34(19-27)46(20-28-9-12-30(40)18-26(28)8-6-7-17-53-36)21-29-10-13-31(29)35(51-4)16-14-33(24)41-25(2)47/h9,11-12,14-16,18-19,22,24,29,31,33,35H,6-8,10,13,17,20-21,23H2,1-5H3,(H,41,47)(H,43,44,48,49,50)/b16-14+/t24-,29+,31-,33+,35+,54?/m1/s1. The molecule has 3 amide bonds. The van der Waals surface area contributed by atoms with Crippen LogP contribution in [0.25, 0.3) is 0 Å². The topological polar surface area (TPSA) is 153 Å². The van der Waals surface area contributed by atoms with Gasteiger partial charge in [0, 0.05) is 51.0 Å². The Morgan fingerprint density at radius 3 is 2.61 bits per heavy atom. The number of nitrogens with one attached hydrogen (secondary N) is 2. The van der Waals surface area contributed by atoms with Crippen LogP contribution in [0.5, 0.6) is 11.6 Å². The first-order valence-corrected chi connectivity index (χ1v) is 20.4. The number of fused-ring (bicyclic) bond motifs is 3. The van der Waals surface area contributed by atoms with Gasteiger partial charge in [0.1, 0.15) is 21.2 Å². The minimum absolute atomic E-state index is 0.0256. The van der Waals surface area contributed by atoms with Crippen LogP contribution in [0.3, 0.4) is 0 Å². The molecule has 2 bridgehead atoms.